The molecule has 0 amide bonds. The highest BCUT2D eigenvalue weighted by Gasteiger charge is 2.18. The van der Waals surface area contributed by atoms with Crippen molar-refractivity contribution in [1.29, 1.82) is 0 Å². The highest BCUT2D eigenvalue weighted by atomic mass is 79.9. The van der Waals surface area contributed by atoms with Crippen molar-refractivity contribution in [1.82, 2.24) is 4.72 Å². The highest BCUT2D eigenvalue weighted by Crippen LogP contribution is 2.27. The van der Waals surface area contributed by atoms with E-state index >= 15 is 0 Å². The van der Waals surface area contributed by atoms with Crippen molar-refractivity contribution in [2.75, 3.05) is 6.54 Å². The van der Waals surface area contributed by atoms with Crippen LogP contribution >= 0.6 is 27.3 Å². The van der Waals surface area contributed by atoms with Gasteiger partial charge in [-0.1, -0.05) is 12.1 Å². The Morgan fingerprint density at radius 2 is 2.11 bits per heavy atom. The van der Waals surface area contributed by atoms with Crippen LogP contribution in [0, 0.1) is 5.82 Å². The molecule has 0 spiro atoms. The van der Waals surface area contributed by atoms with Crippen LogP contribution < -0.4 is 4.72 Å². The van der Waals surface area contributed by atoms with Gasteiger partial charge in [0.25, 0.3) is 10.0 Å². The summed E-state index contributed by atoms with van der Waals surface area (Å²) in [7, 11) is -3.50. The second kappa shape index (κ2) is 6.13. The van der Waals surface area contributed by atoms with Crippen LogP contribution in [0.15, 0.2) is 44.4 Å². The molecule has 0 aliphatic carbocycles. The zero-order valence-corrected chi connectivity index (χ0v) is 13.0. The molecule has 0 bridgehead atoms. The molecule has 0 radical (unpaired) electrons. The van der Waals surface area contributed by atoms with Crippen LogP contribution in [0.4, 0.5) is 4.39 Å². The first-order valence-electron chi connectivity index (χ1n) is 5.46. The van der Waals surface area contributed by atoms with Gasteiger partial charge in [-0.3, -0.25) is 0 Å². The van der Waals surface area contributed by atoms with E-state index in [1.807, 2.05) is 0 Å². The third-order valence-electron chi connectivity index (χ3n) is 2.42. The number of rotatable bonds is 5. The molecule has 1 aromatic heterocycles. The lowest BCUT2D eigenvalue weighted by molar-refractivity contribution is 0.583. The van der Waals surface area contributed by atoms with E-state index in [1.165, 1.54) is 12.1 Å². The number of benzene rings is 1. The van der Waals surface area contributed by atoms with Gasteiger partial charge in [0.1, 0.15) is 10.0 Å². The Morgan fingerprint density at radius 1 is 1.32 bits per heavy atom. The van der Waals surface area contributed by atoms with Crippen molar-refractivity contribution >= 4 is 37.3 Å². The summed E-state index contributed by atoms with van der Waals surface area (Å²) < 4.78 is 40.2. The van der Waals surface area contributed by atoms with Crippen LogP contribution in [0.1, 0.15) is 5.56 Å². The average Bonchev–Trinajstić information content (AvgIpc) is 2.76. The topological polar surface area (TPSA) is 46.2 Å². The van der Waals surface area contributed by atoms with Crippen LogP contribution in [0.25, 0.3) is 0 Å². The number of hydrogen-bond acceptors (Lipinski definition) is 3. The van der Waals surface area contributed by atoms with Crippen molar-refractivity contribution in [2.45, 2.75) is 10.6 Å². The number of thiophene rings is 1. The largest absolute Gasteiger partial charge is 0.251 e. The predicted octanol–water partition coefficient (Wildman–Crippen LogP) is 3.17. The number of nitrogens with one attached hydrogen (secondary N) is 1. The van der Waals surface area contributed by atoms with E-state index < -0.39 is 10.0 Å². The minimum Gasteiger partial charge on any atom is -0.210 e. The summed E-state index contributed by atoms with van der Waals surface area (Å²) in [4.78, 5) is 0. The van der Waals surface area contributed by atoms with Gasteiger partial charge >= 0.3 is 0 Å². The molecule has 0 aliphatic rings. The fourth-order valence-corrected chi connectivity index (χ4v) is 4.97. The van der Waals surface area contributed by atoms with Gasteiger partial charge in [0.2, 0.25) is 0 Å². The van der Waals surface area contributed by atoms with E-state index in [4.69, 9.17) is 0 Å². The van der Waals surface area contributed by atoms with Gasteiger partial charge < -0.3 is 0 Å². The summed E-state index contributed by atoms with van der Waals surface area (Å²) in [5.41, 5.74) is 0.757. The molecule has 0 saturated heterocycles. The van der Waals surface area contributed by atoms with Crippen molar-refractivity contribution < 1.29 is 12.8 Å². The van der Waals surface area contributed by atoms with Crippen LogP contribution in [0.5, 0.6) is 0 Å². The molecule has 7 heteroatoms. The minimum atomic E-state index is -3.50. The van der Waals surface area contributed by atoms with Crippen LogP contribution in [0.3, 0.4) is 0 Å². The Hall–Kier alpha value is -0.760. The van der Waals surface area contributed by atoms with Gasteiger partial charge in [-0.15, -0.1) is 11.3 Å². The zero-order chi connectivity index (χ0) is 13.9. The van der Waals surface area contributed by atoms with Gasteiger partial charge in [0, 0.05) is 11.0 Å². The Bertz CT molecular complexity index is 670. The van der Waals surface area contributed by atoms with Gasteiger partial charge in [-0.25, -0.2) is 17.5 Å². The Balaban J connectivity index is 1.98. The van der Waals surface area contributed by atoms with E-state index in [0.717, 1.165) is 16.9 Å². The van der Waals surface area contributed by atoms with Gasteiger partial charge in [0.15, 0.2) is 0 Å². The molecule has 102 valence electrons. The Morgan fingerprint density at radius 3 is 2.74 bits per heavy atom. The summed E-state index contributed by atoms with van der Waals surface area (Å²) >= 11 is 4.34. The summed E-state index contributed by atoms with van der Waals surface area (Å²) in [6, 6.07) is 7.81. The minimum absolute atomic E-state index is 0.232. The second-order valence-corrected chi connectivity index (χ2v) is 7.57. The molecule has 0 fully saturated rings. The lowest BCUT2D eigenvalue weighted by Gasteiger charge is -2.05. The molecule has 2 aromatic rings. The molecule has 1 heterocycles. The number of sulfonamides is 1. The maximum Gasteiger partial charge on any atom is 0.251 e. The Kier molecular flexibility index (Phi) is 4.72. The molecule has 1 aromatic carbocycles. The average molecular weight is 364 g/mol. The van der Waals surface area contributed by atoms with Crippen molar-refractivity contribution in [3.63, 3.8) is 0 Å². The lowest BCUT2D eigenvalue weighted by atomic mass is 10.1. The third kappa shape index (κ3) is 3.85. The van der Waals surface area contributed by atoms with E-state index in [9.17, 15) is 12.8 Å². The van der Waals surface area contributed by atoms with Crippen LogP contribution in [0.2, 0.25) is 0 Å². The van der Waals surface area contributed by atoms with E-state index in [-0.39, 0.29) is 16.6 Å². The van der Waals surface area contributed by atoms with Gasteiger partial charge in [-0.05, 0) is 51.5 Å². The Labute approximate surface area is 123 Å². The first-order chi connectivity index (χ1) is 8.99. The van der Waals surface area contributed by atoms with E-state index in [0.29, 0.717) is 10.9 Å². The summed E-state index contributed by atoms with van der Waals surface area (Å²) in [6.45, 7) is 0.232. The second-order valence-electron chi connectivity index (χ2n) is 3.83. The smallest absolute Gasteiger partial charge is 0.210 e. The predicted molar refractivity (Wildman–Crippen MR) is 77.3 cm³/mol. The van der Waals surface area contributed by atoms with Crippen LogP contribution in [-0.2, 0) is 16.4 Å². The molecule has 0 atom stereocenters. The molecule has 0 aliphatic heterocycles. The molecule has 2 rings (SSSR count). The van der Waals surface area contributed by atoms with E-state index in [1.54, 1.807) is 23.6 Å². The monoisotopic (exact) mass is 363 g/mol. The SMILES string of the molecule is O=S(=O)(NCCc1cccc(F)c1)c1sccc1Br. The zero-order valence-electron chi connectivity index (χ0n) is 9.77. The summed E-state index contributed by atoms with van der Waals surface area (Å²) in [6.07, 6.45) is 0.444. The molecular formula is C12H11BrFNO2S2. The van der Waals surface area contributed by atoms with Crippen molar-refractivity contribution in [2.24, 2.45) is 0 Å². The molecule has 1 N–H and O–H groups in total. The number of hydrogen-bond donors (Lipinski definition) is 1. The molecule has 0 unspecified atom stereocenters. The summed E-state index contributed by atoms with van der Waals surface area (Å²) in [5, 5.41) is 1.70. The maximum absolute atomic E-state index is 13.0. The fraction of sp³-hybridized carbons (Fsp3) is 0.167. The number of halogens is 2. The third-order valence-corrected chi connectivity index (χ3v) is 6.55. The molecular weight excluding hydrogens is 353 g/mol. The quantitative estimate of drug-likeness (QED) is 0.886. The summed E-state index contributed by atoms with van der Waals surface area (Å²) in [5.74, 6) is -0.318. The highest BCUT2D eigenvalue weighted by molar-refractivity contribution is 9.10. The normalized spacial score (nSPS) is 11.7. The van der Waals surface area contributed by atoms with Crippen molar-refractivity contribution in [3.05, 3.63) is 51.6 Å². The fourth-order valence-electron chi connectivity index (χ4n) is 1.56. The first-order valence-corrected chi connectivity index (χ1v) is 8.62. The van der Waals surface area contributed by atoms with Crippen molar-refractivity contribution in [3.8, 4) is 0 Å². The molecule has 0 saturated carbocycles. The molecule has 3 nitrogen and oxygen atoms in total. The lowest BCUT2D eigenvalue weighted by Crippen LogP contribution is -2.25. The van der Waals surface area contributed by atoms with Gasteiger partial charge in [-0.2, -0.15) is 0 Å². The van der Waals surface area contributed by atoms with Crippen LogP contribution in [-0.4, -0.2) is 15.0 Å². The first kappa shape index (κ1) is 14.6. The maximum atomic E-state index is 13.0. The standard InChI is InChI=1S/C12H11BrFNO2S2/c13-11-5-7-18-12(11)19(16,17)15-6-4-9-2-1-3-10(14)8-9/h1-3,5,7-8,15H,4,6H2. The van der Waals surface area contributed by atoms with E-state index in [2.05, 4.69) is 20.7 Å². The van der Waals surface area contributed by atoms with Gasteiger partial charge in [0.05, 0.1) is 0 Å². The molecule has 19 heavy (non-hydrogen) atoms.